The van der Waals surface area contributed by atoms with Gasteiger partial charge in [0.05, 0.1) is 0 Å². The van der Waals surface area contributed by atoms with Crippen LogP contribution in [0.5, 0.6) is 0 Å². The zero-order valence-corrected chi connectivity index (χ0v) is 11.4. The molecular formula is C14H14PPd. The normalized spacial score (nSPS) is 10.7. The van der Waals surface area contributed by atoms with E-state index in [1.807, 2.05) is 0 Å². The van der Waals surface area contributed by atoms with Crippen molar-refractivity contribution in [3.8, 4) is 0 Å². The Morgan fingerprint density at radius 2 is 1.19 bits per heavy atom. The SMILES string of the molecule is [Pd][CH2]CP(c1ccccc1)c1ccccc1. The molecule has 0 nitrogen and oxygen atoms in total. The molecule has 2 rings (SSSR count). The Kier molecular flexibility index (Phi) is 4.74. The first-order valence-corrected chi connectivity index (χ1v) is 7.93. The topological polar surface area (TPSA) is 0 Å². The van der Waals surface area contributed by atoms with Gasteiger partial charge in [-0.3, -0.25) is 0 Å². The van der Waals surface area contributed by atoms with Gasteiger partial charge in [0.15, 0.2) is 0 Å². The Morgan fingerprint density at radius 3 is 1.56 bits per heavy atom. The van der Waals surface area contributed by atoms with Crippen LogP contribution in [0.15, 0.2) is 60.7 Å². The van der Waals surface area contributed by atoms with Gasteiger partial charge < -0.3 is 0 Å². The van der Waals surface area contributed by atoms with Crippen molar-refractivity contribution in [1.29, 1.82) is 0 Å². The first-order chi connectivity index (χ1) is 7.92. The summed E-state index contributed by atoms with van der Waals surface area (Å²) < 4.78 is 0. The summed E-state index contributed by atoms with van der Waals surface area (Å²) in [4.78, 5) is 1.10. The molecule has 2 aromatic carbocycles. The summed E-state index contributed by atoms with van der Waals surface area (Å²) in [7, 11) is -0.188. The first-order valence-electron chi connectivity index (χ1n) is 5.31. The van der Waals surface area contributed by atoms with Crippen molar-refractivity contribution in [2.24, 2.45) is 0 Å². The van der Waals surface area contributed by atoms with Crippen molar-refractivity contribution >= 4 is 18.5 Å². The predicted octanol–water partition coefficient (Wildman–Crippen LogP) is 3.08. The van der Waals surface area contributed by atoms with Crippen molar-refractivity contribution in [2.45, 2.75) is 4.89 Å². The summed E-state index contributed by atoms with van der Waals surface area (Å²) in [5.41, 5.74) is 0. The fourth-order valence-corrected chi connectivity index (χ4v) is 4.76. The number of benzene rings is 2. The van der Waals surface area contributed by atoms with E-state index < -0.39 is 0 Å². The molecule has 0 saturated heterocycles. The van der Waals surface area contributed by atoms with Crippen LogP contribution in [0.2, 0.25) is 4.89 Å². The number of rotatable bonds is 4. The van der Waals surface area contributed by atoms with E-state index in [4.69, 9.17) is 0 Å². The summed E-state index contributed by atoms with van der Waals surface area (Å²) in [6.07, 6.45) is 1.21. The molecule has 0 fully saturated rings. The minimum atomic E-state index is -0.188. The molecule has 0 aromatic heterocycles. The van der Waals surface area contributed by atoms with E-state index in [0.29, 0.717) is 0 Å². The van der Waals surface area contributed by atoms with Crippen LogP contribution in [0.1, 0.15) is 0 Å². The van der Waals surface area contributed by atoms with Crippen LogP contribution >= 0.6 is 7.92 Å². The zero-order chi connectivity index (χ0) is 11.2. The molecule has 0 radical (unpaired) electrons. The Bertz CT molecular complexity index is 374. The monoisotopic (exact) mass is 319 g/mol. The van der Waals surface area contributed by atoms with Crippen LogP contribution in [0, 0.1) is 0 Å². The molecule has 0 unspecified atom stereocenters. The van der Waals surface area contributed by atoms with Crippen LogP contribution in [-0.2, 0) is 19.2 Å². The van der Waals surface area contributed by atoms with Crippen LogP contribution < -0.4 is 10.6 Å². The molecule has 0 aliphatic carbocycles. The minimum absolute atomic E-state index is 0.188. The average Bonchev–Trinajstić information content (AvgIpc) is 2.38. The number of hydrogen-bond donors (Lipinski definition) is 0. The quantitative estimate of drug-likeness (QED) is 0.600. The van der Waals surface area contributed by atoms with Crippen LogP contribution in [0.3, 0.4) is 0 Å². The van der Waals surface area contributed by atoms with E-state index in [1.54, 1.807) is 0 Å². The molecule has 85 valence electrons. The van der Waals surface area contributed by atoms with Gasteiger partial charge in [-0.25, -0.2) is 0 Å². The fourth-order valence-electron chi connectivity index (χ4n) is 1.69. The Balaban J connectivity index is 2.31. The zero-order valence-electron chi connectivity index (χ0n) is 8.95. The maximum atomic E-state index is 3.30. The van der Waals surface area contributed by atoms with E-state index in [0.717, 1.165) is 4.89 Å². The third-order valence-corrected chi connectivity index (χ3v) is 5.90. The summed E-state index contributed by atoms with van der Waals surface area (Å²) in [5.74, 6) is 0. The summed E-state index contributed by atoms with van der Waals surface area (Å²) >= 11 is 3.30. The van der Waals surface area contributed by atoms with Crippen molar-refractivity contribution in [3.63, 3.8) is 0 Å². The van der Waals surface area contributed by atoms with E-state index >= 15 is 0 Å². The first kappa shape index (κ1) is 12.0. The van der Waals surface area contributed by atoms with Gasteiger partial charge >= 0.3 is 109 Å². The molecule has 0 spiro atoms. The van der Waals surface area contributed by atoms with Gasteiger partial charge in [0.1, 0.15) is 0 Å². The van der Waals surface area contributed by atoms with E-state index in [-0.39, 0.29) is 7.92 Å². The molecule has 0 heterocycles. The van der Waals surface area contributed by atoms with Crippen molar-refractivity contribution in [3.05, 3.63) is 60.7 Å². The van der Waals surface area contributed by atoms with E-state index in [2.05, 4.69) is 79.9 Å². The van der Waals surface area contributed by atoms with Crippen molar-refractivity contribution < 1.29 is 19.2 Å². The second-order valence-corrected chi connectivity index (χ2v) is 6.59. The molecule has 2 heteroatoms. The van der Waals surface area contributed by atoms with Gasteiger partial charge in [-0.2, -0.15) is 0 Å². The van der Waals surface area contributed by atoms with Crippen molar-refractivity contribution in [2.75, 3.05) is 6.16 Å². The summed E-state index contributed by atoms with van der Waals surface area (Å²) in [6, 6.07) is 21.6. The van der Waals surface area contributed by atoms with Gasteiger partial charge in [-0.05, 0) is 0 Å². The molecule has 0 atom stereocenters. The van der Waals surface area contributed by atoms with Crippen LogP contribution in [0.25, 0.3) is 0 Å². The van der Waals surface area contributed by atoms with Gasteiger partial charge in [-0.1, -0.05) is 0 Å². The summed E-state index contributed by atoms with van der Waals surface area (Å²) in [6.45, 7) is 0. The standard InChI is InChI=1S/C14H14P.Pd/c1-2-15(13-9-5-3-6-10-13)14-11-7-4-8-12-14;/h3-12H,1-2H2;. The molecule has 2 aromatic rings. The van der Waals surface area contributed by atoms with Crippen molar-refractivity contribution in [1.82, 2.24) is 0 Å². The molecular weight excluding hydrogens is 306 g/mol. The molecule has 0 aliphatic rings. The van der Waals surface area contributed by atoms with E-state index in [1.165, 1.54) is 16.8 Å². The second-order valence-electron chi connectivity index (χ2n) is 3.48. The van der Waals surface area contributed by atoms with Gasteiger partial charge in [0.25, 0.3) is 0 Å². The van der Waals surface area contributed by atoms with Gasteiger partial charge in [-0.15, -0.1) is 0 Å². The molecule has 0 amide bonds. The average molecular weight is 320 g/mol. The molecule has 0 aliphatic heterocycles. The number of hydrogen-bond acceptors (Lipinski definition) is 0. The molecule has 0 bridgehead atoms. The van der Waals surface area contributed by atoms with Crippen LogP contribution in [0.4, 0.5) is 0 Å². The molecule has 16 heavy (non-hydrogen) atoms. The Labute approximate surface area is 109 Å². The third-order valence-electron chi connectivity index (χ3n) is 2.43. The third kappa shape index (κ3) is 3.02. The maximum absolute atomic E-state index is 3.30. The molecule has 0 N–H and O–H groups in total. The van der Waals surface area contributed by atoms with Crippen LogP contribution in [-0.4, -0.2) is 6.16 Å². The fraction of sp³-hybridized carbons (Fsp3) is 0.143. The Hall–Kier alpha value is -0.468. The van der Waals surface area contributed by atoms with Gasteiger partial charge in [0.2, 0.25) is 0 Å². The van der Waals surface area contributed by atoms with E-state index in [9.17, 15) is 0 Å². The summed E-state index contributed by atoms with van der Waals surface area (Å²) in [5, 5.41) is 2.93. The predicted molar refractivity (Wildman–Crippen MR) is 68.7 cm³/mol. The second kappa shape index (κ2) is 6.31. The van der Waals surface area contributed by atoms with Gasteiger partial charge in [0, 0.05) is 0 Å². The Morgan fingerprint density at radius 1 is 0.750 bits per heavy atom. The molecule has 0 saturated carbocycles.